The molecule has 0 aliphatic carbocycles. The molecule has 0 aliphatic heterocycles. The van der Waals surface area contributed by atoms with E-state index in [1.54, 1.807) is 23.0 Å². The maximum Gasteiger partial charge on any atom is 0.214 e. The van der Waals surface area contributed by atoms with Gasteiger partial charge in [-0.1, -0.05) is 35.0 Å². The third-order valence-electron chi connectivity index (χ3n) is 3.52. The fraction of sp³-hybridized carbons (Fsp3) is 0.0588. The largest absolute Gasteiger partial charge is 0.440 e. The maximum atomic E-state index is 5.92. The van der Waals surface area contributed by atoms with Crippen LogP contribution in [0.25, 0.3) is 17.0 Å². The zero-order valence-corrected chi connectivity index (χ0v) is 15.5. The lowest BCUT2D eigenvalue weighted by Crippen LogP contribution is -1.98. The highest BCUT2D eigenvalue weighted by Crippen LogP contribution is 2.26. The van der Waals surface area contributed by atoms with Crippen LogP contribution < -0.4 is 0 Å². The lowest BCUT2D eigenvalue weighted by molar-refractivity contribution is 0.529. The lowest BCUT2D eigenvalue weighted by atomic mass is 10.2. The number of nitrogens with zero attached hydrogens (tertiary/aromatic N) is 5. The van der Waals surface area contributed by atoms with E-state index >= 15 is 0 Å². The summed E-state index contributed by atoms with van der Waals surface area (Å²) < 4.78 is 7.44. The second-order valence-electron chi connectivity index (χ2n) is 5.26. The molecule has 4 rings (SSSR count). The first-order chi connectivity index (χ1) is 12.7. The molecule has 0 aliphatic rings. The lowest BCUT2D eigenvalue weighted by Gasteiger charge is -2.03. The zero-order chi connectivity index (χ0) is 17.9. The Morgan fingerprint density at radius 3 is 2.38 bits per heavy atom. The number of benzene rings is 2. The van der Waals surface area contributed by atoms with Crippen LogP contribution in [0.15, 0.2) is 64.3 Å². The van der Waals surface area contributed by atoms with Crippen molar-refractivity contribution in [3.05, 3.63) is 70.7 Å². The van der Waals surface area contributed by atoms with E-state index in [0.29, 0.717) is 32.6 Å². The van der Waals surface area contributed by atoms with E-state index < -0.39 is 0 Å². The molecular formula is C17H11Cl2N5OS. The number of aromatic nitrogens is 5. The first-order valence-electron chi connectivity index (χ1n) is 7.57. The van der Waals surface area contributed by atoms with Gasteiger partial charge >= 0.3 is 0 Å². The summed E-state index contributed by atoms with van der Waals surface area (Å²) in [5.74, 6) is 1.78. The number of halogens is 2. The molecule has 0 amide bonds. The highest BCUT2D eigenvalue weighted by Gasteiger charge is 2.12. The highest BCUT2D eigenvalue weighted by molar-refractivity contribution is 7.98. The monoisotopic (exact) mass is 403 g/mol. The third-order valence-corrected chi connectivity index (χ3v) is 4.93. The first-order valence-corrected chi connectivity index (χ1v) is 9.31. The van der Waals surface area contributed by atoms with Gasteiger partial charge in [0.25, 0.3) is 0 Å². The fourth-order valence-electron chi connectivity index (χ4n) is 2.26. The van der Waals surface area contributed by atoms with Crippen molar-refractivity contribution in [3.8, 4) is 17.0 Å². The molecule has 0 bridgehead atoms. The minimum atomic E-state index is 0.502. The molecule has 0 spiro atoms. The number of oxazole rings is 1. The molecule has 4 aromatic rings. The van der Waals surface area contributed by atoms with E-state index in [4.69, 9.17) is 27.6 Å². The first kappa shape index (κ1) is 17.1. The van der Waals surface area contributed by atoms with E-state index in [2.05, 4.69) is 20.5 Å². The molecule has 6 nitrogen and oxygen atoms in total. The van der Waals surface area contributed by atoms with Crippen molar-refractivity contribution in [3.63, 3.8) is 0 Å². The summed E-state index contributed by atoms with van der Waals surface area (Å²) >= 11 is 13.3. The fourth-order valence-corrected chi connectivity index (χ4v) is 3.26. The number of rotatable bonds is 5. The highest BCUT2D eigenvalue weighted by atomic mass is 35.5. The van der Waals surface area contributed by atoms with E-state index in [-0.39, 0.29) is 0 Å². The topological polar surface area (TPSA) is 69.6 Å². The Balaban J connectivity index is 1.48. The van der Waals surface area contributed by atoms with Gasteiger partial charge in [0.15, 0.2) is 5.76 Å². The van der Waals surface area contributed by atoms with Crippen LogP contribution >= 0.6 is 35.0 Å². The van der Waals surface area contributed by atoms with E-state index in [0.717, 1.165) is 11.3 Å². The molecule has 0 saturated carbocycles. The van der Waals surface area contributed by atoms with Gasteiger partial charge in [0, 0.05) is 15.6 Å². The third kappa shape index (κ3) is 3.75. The minimum Gasteiger partial charge on any atom is -0.440 e. The van der Waals surface area contributed by atoms with Crippen LogP contribution in [0.3, 0.4) is 0 Å². The quantitative estimate of drug-likeness (QED) is 0.440. The molecule has 0 N–H and O–H groups in total. The summed E-state index contributed by atoms with van der Waals surface area (Å²) in [6, 6.07) is 14.7. The SMILES string of the molecule is Clc1ccc(-c2cnc(CSc3nnnn3-c3ccc(Cl)cc3)o2)cc1. The van der Waals surface area contributed by atoms with Crippen LogP contribution in [0.1, 0.15) is 5.89 Å². The molecule has 26 heavy (non-hydrogen) atoms. The molecule has 0 fully saturated rings. The normalized spacial score (nSPS) is 11.0. The molecule has 9 heteroatoms. The van der Waals surface area contributed by atoms with Gasteiger partial charge in [0.2, 0.25) is 11.0 Å². The standard InChI is InChI=1S/C17H11Cl2N5OS/c18-12-3-1-11(2-4-12)15-9-20-16(25-15)10-26-17-21-22-23-24(17)14-7-5-13(19)6-8-14/h1-9H,10H2. The van der Waals surface area contributed by atoms with Crippen LogP contribution in [0.4, 0.5) is 0 Å². The van der Waals surface area contributed by atoms with Gasteiger partial charge in [-0.05, 0) is 59.0 Å². The Hall–Kier alpha value is -2.35. The van der Waals surface area contributed by atoms with Gasteiger partial charge in [-0.3, -0.25) is 0 Å². The zero-order valence-electron chi connectivity index (χ0n) is 13.2. The molecule has 2 heterocycles. The average molecular weight is 404 g/mol. The Kier molecular flexibility index (Phi) is 4.92. The number of hydrogen-bond donors (Lipinski definition) is 0. The van der Waals surface area contributed by atoms with Gasteiger partial charge in [-0.2, -0.15) is 4.68 Å². The second-order valence-corrected chi connectivity index (χ2v) is 7.08. The van der Waals surface area contributed by atoms with Gasteiger partial charge in [-0.25, -0.2) is 4.98 Å². The minimum absolute atomic E-state index is 0.502. The summed E-state index contributed by atoms with van der Waals surface area (Å²) in [5, 5.41) is 13.8. The van der Waals surface area contributed by atoms with Crippen molar-refractivity contribution >= 4 is 35.0 Å². The number of tetrazole rings is 1. The van der Waals surface area contributed by atoms with Crippen LogP contribution in [-0.2, 0) is 5.75 Å². The predicted molar refractivity (Wildman–Crippen MR) is 101 cm³/mol. The summed E-state index contributed by atoms with van der Waals surface area (Å²) in [7, 11) is 0. The molecule has 0 radical (unpaired) electrons. The van der Waals surface area contributed by atoms with Gasteiger partial charge in [0.1, 0.15) is 0 Å². The molecule has 2 aromatic carbocycles. The number of hydrogen-bond acceptors (Lipinski definition) is 6. The molecule has 0 saturated heterocycles. The molecule has 0 atom stereocenters. The Labute approximate surface area is 163 Å². The van der Waals surface area contributed by atoms with E-state index in [1.165, 1.54) is 11.8 Å². The molecule has 2 aromatic heterocycles. The second kappa shape index (κ2) is 7.49. The number of thioether (sulfide) groups is 1. The van der Waals surface area contributed by atoms with Crippen molar-refractivity contribution in [1.29, 1.82) is 0 Å². The molecule has 130 valence electrons. The van der Waals surface area contributed by atoms with Crippen LogP contribution in [-0.4, -0.2) is 25.2 Å². The van der Waals surface area contributed by atoms with Crippen molar-refractivity contribution < 1.29 is 4.42 Å². The Morgan fingerprint density at radius 2 is 1.65 bits per heavy atom. The smallest absolute Gasteiger partial charge is 0.214 e. The summed E-state index contributed by atoms with van der Waals surface area (Å²) in [6.07, 6.45) is 1.70. The van der Waals surface area contributed by atoms with Crippen LogP contribution in [0, 0.1) is 0 Å². The maximum absolute atomic E-state index is 5.92. The average Bonchev–Trinajstić information content (AvgIpc) is 3.30. The van der Waals surface area contributed by atoms with Crippen LogP contribution in [0.5, 0.6) is 0 Å². The summed E-state index contributed by atoms with van der Waals surface area (Å²) in [4.78, 5) is 4.31. The molecular weight excluding hydrogens is 393 g/mol. The Bertz CT molecular complexity index is 1010. The summed E-state index contributed by atoms with van der Waals surface area (Å²) in [5.41, 5.74) is 1.75. The molecule has 0 unspecified atom stereocenters. The van der Waals surface area contributed by atoms with E-state index in [9.17, 15) is 0 Å². The van der Waals surface area contributed by atoms with Gasteiger partial charge in [-0.15, -0.1) is 5.10 Å². The van der Waals surface area contributed by atoms with Gasteiger partial charge < -0.3 is 4.42 Å². The van der Waals surface area contributed by atoms with Crippen molar-refractivity contribution in [2.45, 2.75) is 10.9 Å². The Morgan fingerprint density at radius 1 is 0.962 bits per heavy atom. The predicted octanol–water partition coefficient (Wildman–Crippen LogP) is 4.92. The van der Waals surface area contributed by atoms with Crippen molar-refractivity contribution in [2.24, 2.45) is 0 Å². The van der Waals surface area contributed by atoms with Crippen molar-refractivity contribution in [1.82, 2.24) is 25.2 Å². The van der Waals surface area contributed by atoms with Crippen LogP contribution in [0.2, 0.25) is 10.0 Å². The van der Waals surface area contributed by atoms with Crippen molar-refractivity contribution in [2.75, 3.05) is 0 Å². The summed E-state index contributed by atoms with van der Waals surface area (Å²) in [6.45, 7) is 0. The van der Waals surface area contributed by atoms with E-state index in [1.807, 2.05) is 36.4 Å². The van der Waals surface area contributed by atoms with Gasteiger partial charge in [0.05, 0.1) is 17.6 Å².